The van der Waals surface area contributed by atoms with E-state index in [-0.39, 0.29) is 36.9 Å². The van der Waals surface area contributed by atoms with E-state index in [0.717, 1.165) is 25.7 Å². The lowest BCUT2D eigenvalue weighted by Gasteiger charge is -2.38. The van der Waals surface area contributed by atoms with Crippen LogP contribution in [0.3, 0.4) is 0 Å². The maximum atomic E-state index is 12.1. The van der Waals surface area contributed by atoms with Crippen LogP contribution in [0.4, 0.5) is 0 Å². The normalized spacial score (nSPS) is 29.5. The van der Waals surface area contributed by atoms with Crippen LogP contribution >= 0.6 is 0 Å². The van der Waals surface area contributed by atoms with Crippen molar-refractivity contribution in [2.24, 2.45) is 11.7 Å². The number of carbonyl (C=O) groups excluding carboxylic acids is 1. The number of aliphatic carboxylic acids is 1. The third-order valence-corrected chi connectivity index (χ3v) is 4.07. The molecule has 2 rings (SSSR count). The van der Waals surface area contributed by atoms with Crippen molar-refractivity contribution in [3.63, 3.8) is 0 Å². The first-order chi connectivity index (χ1) is 9.11. The number of nitrogens with zero attached hydrogens (tertiary/aromatic N) is 1. The lowest BCUT2D eigenvalue weighted by Crippen LogP contribution is -2.48. The van der Waals surface area contributed by atoms with Gasteiger partial charge in [0.25, 0.3) is 0 Å². The van der Waals surface area contributed by atoms with E-state index in [0.29, 0.717) is 13.2 Å². The number of hydrogen-bond acceptors (Lipinski definition) is 4. The van der Waals surface area contributed by atoms with Gasteiger partial charge in [0.2, 0.25) is 5.91 Å². The molecule has 0 aromatic rings. The van der Waals surface area contributed by atoms with Gasteiger partial charge in [0, 0.05) is 25.0 Å². The number of amides is 1. The van der Waals surface area contributed by atoms with E-state index in [2.05, 4.69) is 0 Å². The molecule has 108 valence electrons. The summed E-state index contributed by atoms with van der Waals surface area (Å²) < 4.78 is 5.20. The van der Waals surface area contributed by atoms with Crippen LogP contribution in [-0.4, -0.2) is 53.7 Å². The summed E-state index contributed by atoms with van der Waals surface area (Å²) in [5, 5.41) is 8.86. The van der Waals surface area contributed by atoms with Crippen LogP contribution in [-0.2, 0) is 14.3 Å². The molecule has 2 saturated heterocycles. The lowest BCUT2D eigenvalue weighted by molar-refractivity contribution is -0.142. The Bertz CT molecular complexity index is 334. The predicted molar refractivity (Wildman–Crippen MR) is 68.5 cm³/mol. The van der Waals surface area contributed by atoms with Crippen molar-refractivity contribution < 1.29 is 19.4 Å². The van der Waals surface area contributed by atoms with Crippen LogP contribution in [0.2, 0.25) is 0 Å². The summed E-state index contributed by atoms with van der Waals surface area (Å²) in [5.74, 6) is -0.505. The molecule has 3 N–H and O–H groups in total. The number of ether oxygens (including phenoxy) is 1. The zero-order chi connectivity index (χ0) is 13.8. The van der Waals surface area contributed by atoms with Gasteiger partial charge in [0.1, 0.15) is 6.61 Å². The monoisotopic (exact) mass is 270 g/mol. The third kappa shape index (κ3) is 3.45. The Balaban J connectivity index is 1.88. The van der Waals surface area contributed by atoms with Gasteiger partial charge in [-0.05, 0) is 31.6 Å². The summed E-state index contributed by atoms with van der Waals surface area (Å²) in [5.41, 5.74) is 5.32. The van der Waals surface area contributed by atoms with Crippen LogP contribution in [0.25, 0.3) is 0 Å². The summed E-state index contributed by atoms with van der Waals surface area (Å²) >= 11 is 0. The Morgan fingerprint density at radius 2 is 1.89 bits per heavy atom. The van der Waals surface area contributed by atoms with Gasteiger partial charge >= 0.3 is 5.97 Å². The van der Waals surface area contributed by atoms with Crippen molar-refractivity contribution in [1.29, 1.82) is 0 Å². The van der Waals surface area contributed by atoms with Crippen LogP contribution in [0.15, 0.2) is 0 Å². The maximum absolute atomic E-state index is 12.1. The van der Waals surface area contributed by atoms with Crippen molar-refractivity contribution in [2.45, 2.75) is 44.2 Å². The molecule has 2 aliphatic rings. The highest BCUT2D eigenvalue weighted by atomic mass is 16.5. The van der Waals surface area contributed by atoms with Gasteiger partial charge in [-0.3, -0.25) is 9.59 Å². The first-order valence-corrected chi connectivity index (χ1v) is 6.92. The number of rotatable bonds is 6. The van der Waals surface area contributed by atoms with E-state index in [1.54, 1.807) is 0 Å². The highest BCUT2D eigenvalue weighted by Crippen LogP contribution is 2.39. The summed E-state index contributed by atoms with van der Waals surface area (Å²) in [7, 11) is 0. The molecule has 2 aliphatic heterocycles. The van der Waals surface area contributed by atoms with Crippen LogP contribution < -0.4 is 5.73 Å². The van der Waals surface area contributed by atoms with E-state index in [4.69, 9.17) is 15.6 Å². The van der Waals surface area contributed by atoms with E-state index in [1.165, 1.54) is 0 Å². The molecule has 0 aliphatic carbocycles. The Hall–Kier alpha value is -1.14. The molecule has 6 heteroatoms. The SMILES string of the molecule is NCCOCC(=O)N1C2CCC1CC(CC(=O)O)C2. The Kier molecular flexibility index (Phi) is 4.76. The highest BCUT2D eigenvalue weighted by molar-refractivity contribution is 5.78. The topological polar surface area (TPSA) is 92.9 Å². The van der Waals surface area contributed by atoms with E-state index < -0.39 is 5.97 Å². The molecule has 0 saturated carbocycles. The predicted octanol–water partition coefficient (Wildman–Crippen LogP) is 0.206. The molecular formula is C13H22N2O4. The highest BCUT2D eigenvalue weighted by Gasteiger charge is 2.43. The third-order valence-electron chi connectivity index (χ3n) is 4.07. The fourth-order valence-corrected chi connectivity index (χ4v) is 3.43. The molecule has 2 bridgehead atoms. The number of piperidine rings is 1. The van der Waals surface area contributed by atoms with Gasteiger partial charge in [0.15, 0.2) is 0 Å². The molecule has 0 aromatic carbocycles. The quantitative estimate of drug-likeness (QED) is 0.673. The van der Waals surface area contributed by atoms with Crippen molar-refractivity contribution >= 4 is 11.9 Å². The Labute approximate surface area is 112 Å². The number of carbonyl (C=O) groups is 2. The second-order valence-corrected chi connectivity index (χ2v) is 5.46. The lowest BCUT2D eigenvalue weighted by atomic mass is 9.88. The molecule has 0 radical (unpaired) electrons. The first-order valence-electron chi connectivity index (χ1n) is 6.92. The zero-order valence-corrected chi connectivity index (χ0v) is 11.1. The molecular weight excluding hydrogens is 248 g/mol. The molecule has 0 aromatic heterocycles. The molecule has 1 amide bonds. The van der Waals surface area contributed by atoms with Crippen molar-refractivity contribution in [3.05, 3.63) is 0 Å². The maximum Gasteiger partial charge on any atom is 0.303 e. The van der Waals surface area contributed by atoms with Crippen LogP contribution in [0.1, 0.15) is 32.1 Å². The van der Waals surface area contributed by atoms with E-state index in [1.807, 2.05) is 4.90 Å². The van der Waals surface area contributed by atoms with E-state index >= 15 is 0 Å². The molecule has 2 unspecified atom stereocenters. The Morgan fingerprint density at radius 1 is 1.26 bits per heavy atom. The van der Waals surface area contributed by atoms with Crippen molar-refractivity contribution in [1.82, 2.24) is 4.90 Å². The van der Waals surface area contributed by atoms with Gasteiger partial charge in [-0.25, -0.2) is 0 Å². The van der Waals surface area contributed by atoms with Gasteiger partial charge in [-0.2, -0.15) is 0 Å². The van der Waals surface area contributed by atoms with Crippen LogP contribution in [0.5, 0.6) is 0 Å². The summed E-state index contributed by atoms with van der Waals surface area (Å²) in [4.78, 5) is 24.8. The fourth-order valence-electron chi connectivity index (χ4n) is 3.43. The average Bonchev–Trinajstić information content (AvgIpc) is 2.61. The van der Waals surface area contributed by atoms with Gasteiger partial charge in [-0.1, -0.05) is 0 Å². The molecule has 19 heavy (non-hydrogen) atoms. The summed E-state index contributed by atoms with van der Waals surface area (Å²) in [6.07, 6.45) is 3.82. The smallest absolute Gasteiger partial charge is 0.303 e. The molecule has 6 nitrogen and oxygen atoms in total. The largest absolute Gasteiger partial charge is 0.481 e. The van der Waals surface area contributed by atoms with Gasteiger partial charge < -0.3 is 20.5 Å². The molecule has 2 fully saturated rings. The van der Waals surface area contributed by atoms with Crippen molar-refractivity contribution in [3.8, 4) is 0 Å². The molecule has 0 spiro atoms. The first kappa shape index (κ1) is 14.3. The number of nitrogens with two attached hydrogens (primary N) is 1. The van der Waals surface area contributed by atoms with Crippen molar-refractivity contribution in [2.75, 3.05) is 19.8 Å². The zero-order valence-electron chi connectivity index (χ0n) is 11.1. The number of fused-ring (bicyclic) bond motifs is 2. The Morgan fingerprint density at radius 3 is 2.42 bits per heavy atom. The summed E-state index contributed by atoms with van der Waals surface area (Å²) in [6, 6.07) is 0.411. The number of carboxylic acid groups (broad SMARTS) is 1. The number of hydrogen-bond donors (Lipinski definition) is 2. The second kappa shape index (κ2) is 6.34. The minimum atomic E-state index is -0.740. The molecule has 2 heterocycles. The van der Waals surface area contributed by atoms with E-state index in [9.17, 15) is 9.59 Å². The van der Waals surface area contributed by atoms with Crippen LogP contribution in [0, 0.1) is 5.92 Å². The van der Waals surface area contributed by atoms with Gasteiger partial charge in [0.05, 0.1) is 6.61 Å². The van der Waals surface area contributed by atoms with Gasteiger partial charge in [-0.15, -0.1) is 0 Å². The number of carboxylic acids is 1. The second-order valence-electron chi connectivity index (χ2n) is 5.46. The minimum Gasteiger partial charge on any atom is -0.481 e. The standard InChI is InChI=1S/C13H22N2O4/c14-3-4-19-8-12(16)15-10-1-2-11(15)6-9(5-10)7-13(17)18/h9-11H,1-8,14H2,(H,17,18). The summed E-state index contributed by atoms with van der Waals surface area (Å²) in [6.45, 7) is 0.908. The minimum absolute atomic E-state index is 0.0229. The molecule has 2 atom stereocenters. The average molecular weight is 270 g/mol. The fraction of sp³-hybridized carbons (Fsp3) is 0.846.